The molecule has 3 nitrogen and oxygen atoms in total. The van der Waals surface area contributed by atoms with Gasteiger partial charge in [0, 0.05) is 23.2 Å². The molecule has 0 spiro atoms. The Balaban J connectivity index is 1.57. The topological polar surface area (TPSA) is 29.9 Å². The van der Waals surface area contributed by atoms with Gasteiger partial charge in [-0.2, -0.15) is 18.3 Å². The molecule has 0 aliphatic heterocycles. The molecule has 0 atom stereocenters. The van der Waals surface area contributed by atoms with Crippen molar-refractivity contribution < 1.29 is 13.2 Å². The number of nitrogens with zero attached hydrogens (tertiary/aromatic N) is 2. The summed E-state index contributed by atoms with van der Waals surface area (Å²) in [6, 6.07) is 15.1. The molecule has 2 aromatic carbocycles. The van der Waals surface area contributed by atoms with Gasteiger partial charge in [-0.15, -0.1) is 11.3 Å². The summed E-state index contributed by atoms with van der Waals surface area (Å²) in [6.45, 7) is 4.31. The maximum Gasteiger partial charge on any atom is 0.416 e. The second kappa shape index (κ2) is 7.16. The summed E-state index contributed by atoms with van der Waals surface area (Å²) in [7, 11) is 0. The summed E-state index contributed by atoms with van der Waals surface area (Å²) in [5.74, 6) is 0. The van der Waals surface area contributed by atoms with Gasteiger partial charge in [0.2, 0.25) is 0 Å². The van der Waals surface area contributed by atoms with E-state index in [1.165, 1.54) is 6.07 Å². The number of halogens is 3. The molecule has 2 aromatic heterocycles. The van der Waals surface area contributed by atoms with Crippen molar-refractivity contribution in [2.45, 2.75) is 12.7 Å². The van der Waals surface area contributed by atoms with Gasteiger partial charge in [0.25, 0.3) is 0 Å². The highest BCUT2D eigenvalue weighted by atomic mass is 32.1. The van der Waals surface area contributed by atoms with Crippen LogP contribution in [-0.2, 0) is 12.7 Å². The lowest BCUT2D eigenvalue weighted by molar-refractivity contribution is -0.137. The number of rotatable bonds is 5. The molecule has 4 rings (SSSR count). The highest BCUT2D eigenvalue weighted by molar-refractivity contribution is 7.12. The zero-order valence-electron chi connectivity index (χ0n) is 14.7. The Kier molecular flexibility index (Phi) is 4.68. The van der Waals surface area contributed by atoms with E-state index in [2.05, 4.69) is 17.0 Å². The largest absolute Gasteiger partial charge is 0.416 e. The smallest absolute Gasteiger partial charge is 0.381 e. The standard InChI is InChI=1S/C21H16F3N3S/c1-14(25-12-15-5-2-6-16(11-15)21(22,23)24)17-7-3-8-19-18(17)13-26-27(19)20-9-4-10-28-20/h2-11,13,25H,1,12H2. The molecule has 0 unspecified atom stereocenters. The van der Waals surface area contributed by atoms with Gasteiger partial charge in [-0.3, -0.25) is 0 Å². The summed E-state index contributed by atoms with van der Waals surface area (Å²) in [4.78, 5) is 0. The molecule has 0 amide bonds. The Bertz CT molecular complexity index is 1130. The van der Waals surface area contributed by atoms with Crippen molar-refractivity contribution in [3.8, 4) is 5.00 Å². The fraction of sp³-hybridized carbons (Fsp3) is 0.0952. The molecule has 0 bridgehead atoms. The average Bonchev–Trinajstić information content (AvgIpc) is 3.34. The number of aromatic nitrogens is 2. The number of alkyl halides is 3. The normalized spacial score (nSPS) is 11.7. The van der Waals surface area contributed by atoms with Crippen molar-refractivity contribution in [3.05, 3.63) is 89.4 Å². The van der Waals surface area contributed by atoms with Gasteiger partial charge >= 0.3 is 6.18 Å². The molecule has 28 heavy (non-hydrogen) atoms. The first-order valence-corrected chi connectivity index (χ1v) is 9.41. The molecular weight excluding hydrogens is 383 g/mol. The summed E-state index contributed by atoms with van der Waals surface area (Å²) >= 11 is 1.59. The maximum absolute atomic E-state index is 12.9. The third-order valence-corrected chi connectivity index (χ3v) is 5.26. The van der Waals surface area contributed by atoms with E-state index in [1.807, 2.05) is 40.4 Å². The van der Waals surface area contributed by atoms with Crippen LogP contribution in [0, 0.1) is 0 Å². The van der Waals surface area contributed by atoms with E-state index < -0.39 is 11.7 Å². The molecule has 0 saturated heterocycles. The molecule has 142 valence electrons. The highest BCUT2D eigenvalue weighted by Gasteiger charge is 2.30. The lowest BCUT2D eigenvalue weighted by Gasteiger charge is -2.13. The van der Waals surface area contributed by atoms with Crippen LogP contribution < -0.4 is 5.32 Å². The van der Waals surface area contributed by atoms with Crippen molar-refractivity contribution in [1.82, 2.24) is 15.1 Å². The summed E-state index contributed by atoms with van der Waals surface area (Å²) in [6.07, 6.45) is -2.57. The SMILES string of the molecule is C=C(NCc1cccc(C(F)(F)F)c1)c1cccc2c1cnn2-c1cccs1. The monoisotopic (exact) mass is 399 g/mol. The molecular formula is C21H16F3N3S. The Hall–Kier alpha value is -3.06. The van der Waals surface area contributed by atoms with Crippen molar-refractivity contribution in [2.75, 3.05) is 0 Å². The fourth-order valence-corrected chi connectivity index (χ4v) is 3.74. The van der Waals surface area contributed by atoms with Crippen molar-refractivity contribution in [3.63, 3.8) is 0 Å². The van der Waals surface area contributed by atoms with Gasteiger partial charge in [-0.25, -0.2) is 4.68 Å². The fourth-order valence-electron chi connectivity index (χ4n) is 3.04. The van der Waals surface area contributed by atoms with Crippen LogP contribution in [0.5, 0.6) is 0 Å². The summed E-state index contributed by atoms with van der Waals surface area (Å²) < 4.78 is 40.5. The zero-order valence-corrected chi connectivity index (χ0v) is 15.5. The quantitative estimate of drug-likeness (QED) is 0.455. The van der Waals surface area contributed by atoms with Crippen LogP contribution in [-0.4, -0.2) is 9.78 Å². The Morgan fingerprint density at radius 2 is 1.93 bits per heavy atom. The van der Waals surface area contributed by atoms with E-state index in [0.29, 0.717) is 11.3 Å². The van der Waals surface area contributed by atoms with Gasteiger partial charge < -0.3 is 5.32 Å². The van der Waals surface area contributed by atoms with Gasteiger partial charge in [0.05, 0.1) is 17.3 Å². The molecule has 0 aliphatic carbocycles. The lowest BCUT2D eigenvalue weighted by atomic mass is 10.1. The van der Waals surface area contributed by atoms with Crippen molar-refractivity contribution >= 4 is 27.9 Å². The van der Waals surface area contributed by atoms with Crippen LogP contribution in [0.2, 0.25) is 0 Å². The Labute approximate surface area is 163 Å². The second-order valence-corrected chi connectivity index (χ2v) is 7.20. The van der Waals surface area contributed by atoms with Crippen LogP contribution in [0.15, 0.2) is 72.8 Å². The highest BCUT2D eigenvalue weighted by Crippen LogP contribution is 2.30. The number of thiophene rings is 1. The predicted molar refractivity (Wildman–Crippen MR) is 106 cm³/mol. The van der Waals surface area contributed by atoms with Gasteiger partial charge in [0.15, 0.2) is 0 Å². The Morgan fingerprint density at radius 3 is 2.68 bits per heavy atom. The molecule has 0 radical (unpaired) electrons. The van der Waals surface area contributed by atoms with E-state index in [4.69, 9.17) is 0 Å². The molecule has 4 aromatic rings. The first-order chi connectivity index (χ1) is 13.4. The number of benzene rings is 2. The number of nitrogens with one attached hydrogen (secondary N) is 1. The number of hydrogen-bond donors (Lipinski definition) is 1. The number of hydrogen-bond acceptors (Lipinski definition) is 3. The van der Waals surface area contributed by atoms with Crippen molar-refractivity contribution in [2.24, 2.45) is 0 Å². The van der Waals surface area contributed by atoms with Gasteiger partial charge in [-0.05, 0) is 41.3 Å². The van der Waals surface area contributed by atoms with Crippen molar-refractivity contribution in [1.29, 1.82) is 0 Å². The third kappa shape index (κ3) is 3.53. The second-order valence-electron chi connectivity index (χ2n) is 6.28. The van der Waals surface area contributed by atoms with Crippen LogP contribution in [0.1, 0.15) is 16.7 Å². The van der Waals surface area contributed by atoms with Crippen LogP contribution in [0.25, 0.3) is 21.6 Å². The molecule has 0 aliphatic rings. The minimum atomic E-state index is -4.35. The van der Waals surface area contributed by atoms with Crippen LogP contribution in [0.4, 0.5) is 13.2 Å². The molecule has 7 heteroatoms. The molecule has 0 saturated carbocycles. The Morgan fingerprint density at radius 1 is 1.11 bits per heavy atom. The molecule has 0 fully saturated rings. The van der Waals surface area contributed by atoms with E-state index in [-0.39, 0.29) is 6.54 Å². The first kappa shape index (κ1) is 18.3. The minimum absolute atomic E-state index is 0.248. The van der Waals surface area contributed by atoms with Gasteiger partial charge in [0.1, 0.15) is 5.00 Å². The van der Waals surface area contributed by atoms with Gasteiger partial charge in [-0.1, -0.05) is 30.8 Å². The number of fused-ring (bicyclic) bond motifs is 1. The minimum Gasteiger partial charge on any atom is -0.381 e. The molecule has 1 N–H and O–H groups in total. The van der Waals surface area contributed by atoms with Crippen LogP contribution >= 0.6 is 11.3 Å². The zero-order chi connectivity index (χ0) is 19.7. The third-order valence-electron chi connectivity index (χ3n) is 4.41. The summed E-state index contributed by atoms with van der Waals surface area (Å²) in [5.41, 5.74) is 2.33. The lowest BCUT2D eigenvalue weighted by Crippen LogP contribution is -2.12. The van der Waals surface area contributed by atoms with E-state index in [0.717, 1.165) is 33.6 Å². The average molecular weight is 399 g/mol. The predicted octanol–water partition coefficient (Wildman–Crippen LogP) is 5.87. The van der Waals surface area contributed by atoms with Crippen LogP contribution in [0.3, 0.4) is 0 Å². The molecule has 2 heterocycles. The van der Waals surface area contributed by atoms with E-state index in [9.17, 15) is 13.2 Å². The van der Waals surface area contributed by atoms with E-state index in [1.54, 1.807) is 23.6 Å². The van der Waals surface area contributed by atoms with E-state index >= 15 is 0 Å². The maximum atomic E-state index is 12.9. The summed E-state index contributed by atoms with van der Waals surface area (Å²) in [5, 5.41) is 11.5. The first-order valence-electron chi connectivity index (χ1n) is 8.53.